The summed E-state index contributed by atoms with van der Waals surface area (Å²) in [5.74, 6) is 0.475. The molecular weight excluding hydrogens is 448 g/mol. The summed E-state index contributed by atoms with van der Waals surface area (Å²) in [6.07, 6.45) is 0.523. The number of ether oxygens (including phenoxy) is 1. The van der Waals surface area contributed by atoms with Gasteiger partial charge in [0.2, 0.25) is 5.91 Å². The highest BCUT2D eigenvalue weighted by molar-refractivity contribution is 7.80. The average molecular weight is 475 g/mol. The zero-order valence-corrected chi connectivity index (χ0v) is 19.8. The number of thiocarbonyl (C=S) groups is 1. The standard InChI is InChI=1S/C23H27ClN4O3S/c1-3-21(29)28-12-10-27(11-13-28)20-9-8-17(15-19(20)24)25-23(32)26-22(30)16-6-5-7-18(14-16)31-4-2/h5-9,14-15H,3-4,10-13H2,1-2H3,(H2,25,26,30,32). The van der Waals surface area contributed by atoms with E-state index in [0.29, 0.717) is 48.1 Å². The fourth-order valence-electron chi connectivity index (χ4n) is 3.49. The molecule has 0 aromatic heterocycles. The van der Waals surface area contributed by atoms with Gasteiger partial charge in [-0.05, 0) is 55.5 Å². The summed E-state index contributed by atoms with van der Waals surface area (Å²) in [4.78, 5) is 28.4. The largest absolute Gasteiger partial charge is 0.494 e. The Morgan fingerprint density at radius 1 is 1.09 bits per heavy atom. The first-order chi connectivity index (χ1) is 15.4. The highest BCUT2D eigenvalue weighted by Crippen LogP contribution is 2.29. The first-order valence-corrected chi connectivity index (χ1v) is 11.4. The van der Waals surface area contributed by atoms with Crippen LogP contribution in [0.5, 0.6) is 5.75 Å². The van der Waals surface area contributed by atoms with Gasteiger partial charge in [0, 0.05) is 43.9 Å². The molecule has 7 nitrogen and oxygen atoms in total. The second-order valence-electron chi connectivity index (χ2n) is 7.26. The normalized spacial score (nSPS) is 13.5. The molecule has 0 atom stereocenters. The first kappa shape index (κ1) is 23.8. The summed E-state index contributed by atoms with van der Waals surface area (Å²) in [5, 5.41) is 6.41. The predicted octanol–water partition coefficient (Wildman–Crippen LogP) is 3.92. The molecule has 0 radical (unpaired) electrons. The van der Waals surface area contributed by atoms with Crippen molar-refractivity contribution in [3.8, 4) is 5.75 Å². The van der Waals surface area contributed by atoms with Crippen LogP contribution in [0.25, 0.3) is 0 Å². The molecule has 2 aromatic carbocycles. The van der Waals surface area contributed by atoms with Crippen molar-refractivity contribution in [2.75, 3.05) is 43.0 Å². The van der Waals surface area contributed by atoms with Crippen molar-refractivity contribution in [2.45, 2.75) is 20.3 Å². The third kappa shape index (κ3) is 6.11. The van der Waals surface area contributed by atoms with E-state index in [1.807, 2.05) is 30.9 Å². The lowest BCUT2D eigenvalue weighted by Gasteiger charge is -2.36. The number of carbonyl (C=O) groups is 2. The third-order valence-electron chi connectivity index (χ3n) is 5.12. The van der Waals surface area contributed by atoms with Gasteiger partial charge in [-0.1, -0.05) is 24.6 Å². The van der Waals surface area contributed by atoms with Crippen LogP contribution in [0.1, 0.15) is 30.6 Å². The summed E-state index contributed by atoms with van der Waals surface area (Å²) in [6, 6.07) is 12.5. The molecule has 2 aromatic rings. The van der Waals surface area contributed by atoms with E-state index in [-0.39, 0.29) is 16.9 Å². The molecule has 0 spiro atoms. The Balaban J connectivity index is 1.57. The summed E-state index contributed by atoms with van der Waals surface area (Å²) >= 11 is 11.8. The second-order valence-corrected chi connectivity index (χ2v) is 8.07. The first-order valence-electron chi connectivity index (χ1n) is 10.6. The van der Waals surface area contributed by atoms with Crippen molar-refractivity contribution in [1.82, 2.24) is 10.2 Å². The van der Waals surface area contributed by atoms with E-state index in [0.717, 1.165) is 18.8 Å². The quantitative estimate of drug-likeness (QED) is 0.618. The predicted molar refractivity (Wildman–Crippen MR) is 132 cm³/mol. The average Bonchev–Trinajstić information content (AvgIpc) is 2.79. The molecule has 3 rings (SSSR count). The SMILES string of the molecule is CCOc1cccc(C(=O)NC(=S)Nc2ccc(N3CCN(C(=O)CC)CC3)c(Cl)c2)c1. The summed E-state index contributed by atoms with van der Waals surface area (Å²) in [7, 11) is 0. The number of halogens is 1. The van der Waals surface area contributed by atoms with Crippen LogP contribution in [-0.2, 0) is 4.79 Å². The molecule has 2 N–H and O–H groups in total. The van der Waals surface area contributed by atoms with Gasteiger partial charge in [-0.3, -0.25) is 14.9 Å². The smallest absolute Gasteiger partial charge is 0.257 e. The molecule has 0 unspecified atom stereocenters. The Bertz CT molecular complexity index is 993. The van der Waals surface area contributed by atoms with Crippen LogP contribution in [0.4, 0.5) is 11.4 Å². The lowest BCUT2D eigenvalue weighted by molar-refractivity contribution is -0.131. The van der Waals surface area contributed by atoms with E-state index in [1.165, 1.54) is 0 Å². The van der Waals surface area contributed by atoms with Crippen LogP contribution in [0.2, 0.25) is 5.02 Å². The van der Waals surface area contributed by atoms with Crippen LogP contribution in [0.3, 0.4) is 0 Å². The minimum absolute atomic E-state index is 0.173. The van der Waals surface area contributed by atoms with E-state index in [9.17, 15) is 9.59 Å². The summed E-state index contributed by atoms with van der Waals surface area (Å²) < 4.78 is 5.43. The molecule has 1 heterocycles. The zero-order chi connectivity index (χ0) is 23.1. The van der Waals surface area contributed by atoms with Gasteiger partial charge in [0.15, 0.2) is 5.11 Å². The molecular formula is C23H27ClN4O3S. The van der Waals surface area contributed by atoms with Crippen LogP contribution in [0.15, 0.2) is 42.5 Å². The molecule has 32 heavy (non-hydrogen) atoms. The van der Waals surface area contributed by atoms with Crippen molar-refractivity contribution >= 4 is 52.1 Å². The number of benzene rings is 2. The Labute approximate surface area is 198 Å². The van der Waals surface area contributed by atoms with E-state index in [2.05, 4.69) is 15.5 Å². The van der Waals surface area contributed by atoms with E-state index >= 15 is 0 Å². The Morgan fingerprint density at radius 2 is 1.84 bits per heavy atom. The molecule has 9 heteroatoms. The molecule has 1 fully saturated rings. The molecule has 0 saturated carbocycles. The summed E-state index contributed by atoms with van der Waals surface area (Å²) in [6.45, 7) is 7.11. The second kappa shape index (κ2) is 11.2. The number of amides is 2. The number of nitrogens with one attached hydrogen (secondary N) is 2. The molecule has 1 aliphatic heterocycles. The van der Waals surface area contributed by atoms with Crippen molar-refractivity contribution in [1.29, 1.82) is 0 Å². The van der Waals surface area contributed by atoms with Gasteiger partial charge in [-0.2, -0.15) is 0 Å². The van der Waals surface area contributed by atoms with Crippen LogP contribution < -0.4 is 20.3 Å². The molecule has 1 saturated heterocycles. The fraction of sp³-hybridized carbons (Fsp3) is 0.348. The van der Waals surface area contributed by atoms with Crippen LogP contribution >= 0.6 is 23.8 Å². The van der Waals surface area contributed by atoms with Crippen LogP contribution in [0, 0.1) is 0 Å². The fourth-order valence-corrected chi connectivity index (χ4v) is 4.00. The number of hydrogen-bond donors (Lipinski definition) is 2. The molecule has 0 bridgehead atoms. The Kier molecular flexibility index (Phi) is 8.30. The zero-order valence-electron chi connectivity index (χ0n) is 18.2. The van der Waals surface area contributed by atoms with Crippen molar-refractivity contribution in [3.63, 3.8) is 0 Å². The highest BCUT2D eigenvalue weighted by atomic mass is 35.5. The number of anilines is 2. The van der Waals surface area contributed by atoms with Gasteiger partial charge in [0.1, 0.15) is 5.75 Å². The number of nitrogens with zero attached hydrogens (tertiary/aromatic N) is 2. The van der Waals surface area contributed by atoms with Gasteiger partial charge in [0.25, 0.3) is 5.91 Å². The number of rotatable bonds is 6. The van der Waals surface area contributed by atoms with E-state index in [4.69, 9.17) is 28.6 Å². The van der Waals surface area contributed by atoms with Gasteiger partial charge in [-0.25, -0.2) is 0 Å². The molecule has 0 aliphatic carbocycles. The van der Waals surface area contributed by atoms with Gasteiger partial charge in [-0.15, -0.1) is 0 Å². The number of carbonyl (C=O) groups excluding carboxylic acids is 2. The maximum Gasteiger partial charge on any atom is 0.257 e. The van der Waals surface area contributed by atoms with E-state index < -0.39 is 0 Å². The van der Waals surface area contributed by atoms with Crippen LogP contribution in [-0.4, -0.2) is 54.6 Å². The number of piperazine rings is 1. The number of hydrogen-bond acceptors (Lipinski definition) is 5. The summed E-state index contributed by atoms with van der Waals surface area (Å²) in [5.41, 5.74) is 2.03. The van der Waals surface area contributed by atoms with Gasteiger partial charge < -0.3 is 19.9 Å². The Hall–Kier alpha value is -2.84. The monoisotopic (exact) mass is 474 g/mol. The van der Waals surface area contributed by atoms with Gasteiger partial charge >= 0.3 is 0 Å². The Morgan fingerprint density at radius 3 is 2.50 bits per heavy atom. The molecule has 2 amide bonds. The van der Waals surface area contributed by atoms with E-state index in [1.54, 1.807) is 30.3 Å². The topological polar surface area (TPSA) is 73.9 Å². The van der Waals surface area contributed by atoms with Gasteiger partial charge in [0.05, 0.1) is 17.3 Å². The lowest BCUT2D eigenvalue weighted by atomic mass is 10.2. The van der Waals surface area contributed by atoms with Crippen molar-refractivity contribution in [2.24, 2.45) is 0 Å². The highest BCUT2D eigenvalue weighted by Gasteiger charge is 2.21. The molecule has 170 valence electrons. The van der Waals surface area contributed by atoms with Crippen molar-refractivity contribution in [3.05, 3.63) is 53.1 Å². The maximum absolute atomic E-state index is 12.5. The minimum Gasteiger partial charge on any atom is -0.494 e. The molecule has 1 aliphatic rings. The lowest BCUT2D eigenvalue weighted by Crippen LogP contribution is -2.48. The third-order valence-corrected chi connectivity index (χ3v) is 5.62. The maximum atomic E-state index is 12.5. The van der Waals surface area contributed by atoms with Crippen molar-refractivity contribution < 1.29 is 14.3 Å². The minimum atomic E-state index is -0.328.